The van der Waals surface area contributed by atoms with E-state index in [-0.39, 0.29) is 0 Å². The van der Waals surface area contributed by atoms with E-state index in [4.69, 9.17) is 4.74 Å². The fourth-order valence-electron chi connectivity index (χ4n) is 1.43. The summed E-state index contributed by atoms with van der Waals surface area (Å²) in [4.78, 5) is 13.3. The molecular weight excluding hydrogens is 230 g/mol. The lowest BCUT2D eigenvalue weighted by Crippen LogP contribution is -2.34. The molecule has 1 N–H and O–H groups in total. The number of aliphatic hydroxyl groups is 1. The van der Waals surface area contributed by atoms with Crippen LogP contribution in [0.2, 0.25) is 0 Å². The van der Waals surface area contributed by atoms with E-state index in [9.17, 15) is 9.90 Å². The van der Waals surface area contributed by atoms with Crippen molar-refractivity contribution in [3.05, 3.63) is 29.8 Å². The number of anilines is 1. The molecule has 0 saturated carbocycles. The van der Waals surface area contributed by atoms with Crippen LogP contribution in [0.25, 0.3) is 0 Å². The predicted molar refractivity (Wildman–Crippen MR) is 71.7 cm³/mol. The van der Waals surface area contributed by atoms with E-state index < -0.39 is 17.8 Å². The summed E-state index contributed by atoms with van der Waals surface area (Å²) in [7, 11) is 1.65. The molecule has 0 bridgehead atoms. The zero-order valence-electron chi connectivity index (χ0n) is 11.6. The van der Waals surface area contributed by atoms with Gasteiger partial charge in [0, 0.05) is 12.7 Å². The van der Waals surface area contributed by atoms with Gasteiger partial charge in [0.25, 0.3) is 0 Å². The van der Waals surface area contributed by atoms with Crippen molar-refractivity contribution in [1.82, 2.24) is 0 Å². The molecule has 1 amide bonds. The van der Waals surface area contributed by atoms with Crippen LogP contribution in [0.15, 0.2) is 24.3 Å². The molecule has 1 rings (SSSR count). The third kappa shape index (κ3) is 4.04. The van der Waals surface area contributed by atoms with Crippen LogP contribution in [0.5, 0.6) is 0 Å². The second-order valence-corrected chi connectivity index (χ2v) is 5.31. The van der Waals surface area contributed by atoms with E-state index in [1.54, 1.807) is 32.2 Å². The van der Waals surface area contributed by atoms with Gasteiger partial charge in [-0.25, -0.2) is 4.79 Å². The first-order chi connectivity index (χ1) is 8.20. The van der Waals surface area contributed by atoms with E-state index in [1.165, 1.54) is 4.90 Å². The van der Waals surface area contributed by atoms with Crippen LogP contribution in [-0.2, 0) is 4.74 Å². The highest BCUT2D eigenvalue weighted by Gasteiger charge is 2.20. The lowest BCUT2D eigenvalue weighted by atomic mass is 10.1. The van der Waals surface area contributed by atoms with Gasteiger partial charge in [-0.05, 0) is 45.4 Å². The standard InChI is InChI=1S/C14H21NO3/c1-10(16)11-7-6-8-12(9-11)15(5)13(17)18-14(2,3)4/h6-10,16H,1-5H3. The molecule has 100 valence electrons. The highest BCUT2D eigenvalue weighted by Crippen LogP contribution is 2.21. The van der Waals surface area contributed by atoms with Crippen molar-refractivity contribution in [2.75, 3.05) is 11.9 Å². The molecule has 1 atom stereocenters. The van der Waals surface area contributed by atoms with Crippen molar-refractivity contribution in [3.8, 4) is 0 Å². The number of ether oxygens (including phenoxy) is 1. The quantitative estimate of drug-likeness (QED) is 0.878. The Balaban J connectivity index is 2.87. The number of amides is 1. The Bertz CT molecular complexity index is 421. The fraction of sp³-hybridized carbons (Fsp3) is 0.500. The maximum absolute atomic E-state index is 11.9. The normalized spacial score (nSPS) is 13.0. The number of nitrogens with zero attached hydrogens (tertiary/aromatic N) is 1. The molecule has 0 saturated heterocycles. The topological polar surface area (TPSA) is 49.8 Å². The van der Waals surface area contributed by atoms with Crippen LogP contribution in [-0.4, -0.2) is 23.8 Å². The number of rotatable bonds is 2. The van der Waals surface area contributed by atoms with Crippen LogP contribution < -0.4 is 4.90 Å². The van der Waals surface area contributed by atoms with Gasteiger partial charge in [0.1, 0.15) is 5.60 Å². The van der Waals surface area contributed by atoms with Gasteiger partial charge in [0.2, 0.25) is 0 Å². The van der Waals surface area contributed by atoms with E-state index in [0.717, 1.165) is 5.56 Å². The minimum absolute atomic E-state index is 0.412. The SMILES string of the molecule is CC(O)c1cccc(N(C)C(=O)OC(C)(C)C)c1. The number of carbonyl (C=O) groups is 1. The Hall–Kier alpha value is -1.55. The van der Waals surface area contributed by atoms with Gasteiger partial charge in [-0.2, -0.15) is 0 Å². The fourth-order valence-corrected chi connectivity index (χ4v) is 1.43. The third-order valence-corrected chi connectivity index (χ3v) is 2.41. The van der Waals surface area contributed by atoms with Crippen molar-refractivity contribution in [2.24, 2.45) is 0 Å². The van der Waals surface area contributed by atoms with Crippen molar-refractivity contribution in [2.45, 2.75) is 39.4 Å². The summed E-state index contributed by atoms with van der Waals surface area (Å²) < 4.78 is 5.28. The molecule has 18 heavy (non-hydrogen) atoms. The molecule has 0 aliphatic heterocycles. The summed E-state index contributed by atoms with van der Waals surface area (Å²) in [6.45, 7) is 7.16. The number of aliphatic hydroxyl groups excluding tert-OH is 1. The number of hydrogen-bond acceptors (Lipinski definition) is 3. The molecule has 0 aliphatic carbocycles. The lowest BCUT2D eigenvalue weighted by Gasteiger charge is -2.25. The minimum Gasteiger partial charge on any atom is -0.443 e. The van der Waals surface area contributed by atoms with E-state index >= 15 is 0 Å². The summed E-state index contributed by atoms with van der Waals surface area (Å²) in [5.41, 5.74) is 0.943. The molecule has 0 aliphatic rings. The summed E-state index contributed by atoms with van der Waals surface area (Å²) in [5, 5.41) is 9.52. The highest BCUT2D eigenvalue weighted by atomic mass is 16.6. The van der Waals surface area contributed by atoms with Gasteiger partial charge in [-0.3, -0.25) is 4.90 Å². The average molecular weight is 251 g/mol. The van der Waals surface area contributed by atoms with Gasteiger partial charge in [-0.15, -0.1) is 0 Å². The Morgan fingerprint density at radius 2 is 2.00 bits per heavy atom. The Morgan fingerprint density at radius 3 is 2.50 bits per heavy atom. The minimum atomic E-state index is -0.558. The summed E-state index contributed by atoms with van der Waals surface area (Å²) in [6, 6.07) is 7.19. The Morgan fingerprint density at radius 1 is 1.39 bits per heavy atom. The molecular formula is C14H21NO3. The van der Waals surface area contributed by atoms with E-state index in [1.807, 2.05) is 26.8 Å². The van der Waals surface area contributed by atoms with Crippen LogP contribution in [0, 0.1) is 0 Å². The average Bonchev–Trinajstić information content (AvgIpc) is 2.26. The molecule has 4 heteroatoms. The van der Waals surface area contributed by atoms with Gasteiger partial charge in [0.15, 0.2) is 0 Å². The highest BCUT2D eigenvalue weighted by molar-refractivity contribution is 5.87. The van der Waals surface area contributed by atoms with Crippen molar-refractivity contribution >= 4 is 11.8 Å². The third-order valence-electron chi connectivity index (χ3n) is 2.41. The van der Waals surface area contributed by atoms with Gasteiger partial charge in [0.05, 0.1) is 6.10 Å². The van der Waals surface area contributed by atoms with E-state index in [2.05, 4.69) is 0 Å². The number of hydrogen-bond donors (Lipinski definition) is 1. The Labute approximate surface area is 108 Å². The second-order valence-electron chi connectivity index (χ2n) is 5.31. The molecule has 1 unspecified atom stereocenters. The predicted octanol–water partition coefficient (Wildman–Crippen LogP) is 3.11. The smallest absolute Gasteiger partial charge is 0.414 e. The Kier molecular flexibility index (Phi) is 4.35. The van der Waals surface area contributed by atoms with Crippen LogP contribution in [0.3, 0.4) is 0 Å². The zero-order chi connectivity index (χ0) is 13.9. The van der Waals surface area contributed by atoms with Crippen LogP contribution in [0.1, 0.15) is 39.4 Å². The zero-order valence-corrected chi connectivity index (χ0v) is 11.6. The van der Waals surface area contributed by atoms with Crippen molar-refractivity contribution in [3.63, 3.8) is 0 Å². The molecule has 0 aromatic heterocycles. The van der Waals surface area contributed by atoms with Crippen LogP contribution in [0.4, 0.5) is 10.5 Å². The lowest BCUT2D eigenvalue weighted by molar-refractivity contribution is 0.0589. The monoisotopic (exact) mass is 251 g/mol. The first-order valence-corrected chi connectivity index (χ1v) is 5.95. The summed E-state index contributed by atoms with van der Waals surface area (Å²) in [5.74, 6) is 0. The van der Waals surface area contributed by atoms with Crippen molar-refractivity contribution < 1.29 is 14.6 Å². The second kappa shape index (κ2) is 5.40. The summed E-state index contributed by atoms with van der Waals surface area (Å²) in [6.07, 6.45) is -0.970. The van der Waals surface area contributed by atoms with Gasteiger partial charge < -0.3 is 9.84 Å². The largest absolute Gasteiger partial charge is 0.443 e. The van der Waals surface area contributed by atoms with E-state index in [0.29, 0.717) is 5.69 Å². The first kappa shape index (κ1) is 14.5. The maximum atomic E-state index is 11.9. The molecule has 1 aromatic rings. The van der Waals surface area contributed by atoms with Gasteiger partial charge in [-0.1, -0.05) is 12.1 Å². The number of benzene rings is 1. The molecule has 0 heterocycles. The molecule has 0 spiro atoms. The van der Waals surface area contributed by atoms with Crippen molar-refractivity contribution in [1.29, 1.82) is 0 Å². The molecule has 4 nitrogen and oxygen atoms in total. The van der Waals surface area contributed by atoms with Gasteiger partial charge >= 0.3 is 6.09 Å². The summed E-state index contributed by atoms with van der Waals surface area (Å²) >= 11 is 0. The maximum Gasteiger partial charge on any atom is 0.414 e. The first-order valence-electron chi connectivity index (χ1n) is 5.95. The molecule has 0 fully saturated rings. The molecule has 1 aromatic carbocycles. The molecule has 0 radical (unpaired) electrons. The van der Waals surface area contributed by atoms with Crippen LogP contribution >= 0.6 is 0 Å². The number of carbonyl (C=O) groups excluding carboxylic acids is 1.